The Bertz CT molecular complexity index is 734. The van der Waals surface area contributed by atoms with Crippen LogP contribution in [0.15, 0.2) is 54.6 Å². The van der Waals surface area contributed by atoms with Crippen LogP contribution in [0.25, 0.3) is 0 Å². The molecule has 0 unspecified atom stereocenters. The summed E-state index contributed by atoms with van der Waals surface area (Å²) >= 11 is 0. The van der Waals surface area contributed by atoms with Crippen molar-refractivity contribution in [3.8, 4) is 5.75 Å². The number of unbranched alkanes of at least 4 members (excludes halogenated alkanes) is 1. The van der Waals surface area contributed by atoms with E-state index in [1.807, 2.05) is 30.3 Å². The highest BCUT2D eigenvalue weighted by molar-refractivity contribution is 5.76. The molecule has 27 heavy (non-hydrogen) atoms. The van der Waals surface area contributed by atoms with Gasteiger partial charge in [-0.15, -0.1) is 0 Å². The first kappa shape index (κ1) is 20.5. The number of nitrogens with zero attached hydrogens (tertiary/aromatic N) is 1. The van der Waals surface area contributed by atoms with Crippen LogP contribution < -0.4 is 10.2 Å². The van der Waals surface area contributed by atoms with Gasteiger partial charge in [0, 0.05) is 12.1 Å². The number of ether oxygens (including phenoxy) is 1. The Hall–Kier alpha value is -2.77. The molecule has 0 saturated heterocycles. The van der Waals surface area contributed by atoms with Crippen molar-refractivity contribution in [2.45, 2.75) is 32.2 Å². The van der Waals surface area contributed by atoms with Crippen molar-refractivity contribution in [2.75, 3.05) is 7.11 Å². The number of rotatable bonds is 10. The number of nitro benzene ring substituents is 1. The lowest BCUT2D eigenvalue weighted by atomic mass is 9.89. The summed E-state index contributed by atoms with van der Waals surface area (Å²) in [4.78, 5) is 28.3. The largest absolute Gasteiger partial charge is 0.426 e. The highest BCUT2D eigenvalue weighted by Crippen LogP contribution is 2.29. The molecule has 0 radical (unpaired) electrons. The van der Waals surface area contributed by atoms with E-state index in [9.17, 15) is 14.9 Å². The second-order valence-electron chi connectivity index (χ2n) is 6.13. The molecule has 2 aromatic carbocycles. The lowest BCUT2D eigenvalue weighted by molar-refractivity contribution is -0.384. The molecule has 7 heteroatoms. The zero-order valence-corrected chi connectivity index (χ0v) is 15.5. The Morgan fingerprint density at radius 3 is 2.37 bits per heavy atom. The van der Waals surface area contributed by atoms with Gasteiger partial charge in [0.1, 0.15) is 5.75 Å². The molecular weight excluding hydrogens is 348 g/mol. The van der Waals surface area contributed by atoms with E-state index in [4.69, 9.17) is 9.57 Å². The van der Waals surface area contributed by atoms with Gasteiger partial charge in [0.25, 0.3) is 5.69 Å². The van der Waals surface area contributed by atoms with Crippen LogP contribution in [0.2, 0.25) is 0 Å². The van der Waals surface area contributed by atoms with Crippen LogP contribution in [0.3, 0.4) is 0 Å². The molecule has 144 valence electrons. The number of non-ortho nitro benzene ring substituents is 1. The molecular formula is C20H24N2O5. The van der Waals surface area contributed by atoms with E-state index >= 15 is 0 Å². The van der Waals surface area contributed by atoms with Crippen molar-refractivity contribution >= 4 is 11.7 Å². The standard InChI is InChI=1S/C20H24N2O5/c1-3-4-10-18(19(21-26-2)15-8-6-5-7-9-15)20(23)27-17-13-11-16(12-14-17)22(24)25/h5-9,11-14,18-19,21H,3-4,10H2,1-2H3/t18-,19-/m0/s1. The predicted octanol–water partition coefficient (Wildman–Crippen LogP) is 4.20. The van der Waals surface area contributed by atoms with E-state index < -0.39 is 16.8 Å². The van der Waals surface area contributed by atoms with Crippen molar-refractivity contribution < 1.29 is 19.3 Å². The van der Waals surface area contributed by atoms with Crippen molar-refractivity contribution in [1.82, 2.24) is 5.48 Å². The van der Waals surface area contributed by atoms with Crippen molar-refractivity contribution in [3.05, 3.63) is 70.3 Å². The third kappa shape index (κ3) is 5.87. The minimum absolute atomic E-state index is 0.0551. The molecule has 0 aliphatic rings. The number of hydroxylamine groups is 1. The zero-order valence-electron chi connectivity index (χ0n) is 15.5. The lowest BCUT2D eigenvalue weighted by Gasteiger charge is -2.26. The maximum absolute atomic E-state index is 12.9. The summed E-state index contributed by atoms with van der Waals surface area (Å²) in [6, 6.07) is 14.7. The number of carbonyl (C=O) groups is 1. The molecule has 7 nitrogen and oxygen atoms in total. The molecule has 0 fully saturated rings. The number of hydrogen-bond acceptors (Lipinski definition) is 6. The van der Waals surface area contributed by atoms with Gasteiger partial charge in [-0.3, -0.25) is 14.9 Å². The Kier molecular flexibility index (Phi) is 7.91. The number of benzene rings is 2. The molecule has 0 spiro atoms. The quantitative estimate of drug-likeness (QED) is 0.291. The first-order chi connectivity index (χ1) is 13.1. The van der Waals surface area contributed by atoms with E-state index in [1.165, 1.54) is 31.4 Å². The number of carbonyl (C=O) groups excluding carboxylic acids is 1. The van der Waals surface area contributed by atoms with Crippen molar-refractivity contribution in [1.29, 1.82) is 0 Å². The van der Waals surface area contributed by atoms with Crippen molar-refractivity contribution in [2.24, 2.45) is 5.92 Å². The van der Waals surface area contributed by atoms with Gasteiger partial charge in [-0.1, -0.05) is 50.1 Å². The second kappa shape index (κ2) is 10.4. The van der Waals surface area contributed by atoms with Crippen LogP contribution >= 0.6 is 0 Å². The summed E-state index contributed by atoms with van der Waals surface area (Å²) < 4.78 is 5.50. The summed E-state index contributed by atoms with van der Waals surface area (Å²) in [5, 5.41) is 10.8. The molecule has 0 aliphatic heterocycles. The van der Waals surface area contributed by atoms with Gasteiger partial charge in [0.15, 0.2) is 0 Å². The first-order valence-electron chi connectivity index (χ1n) is 8.86. The normalized spacial score (nSPS) is 13.0. The van der Waals surface area contributed by atoms with Gasteiger partial charge in [0.05, 0.1) is 24.0 Å². The molecule has 0 aliphatic carbocycles. The molecule has 0 saturated carbocycles. The van der Waals surface area contributed by atoms with E-state index in [1.54, 1.807) is 0 Å². The fourth-order valence-corrected chi connectivity index (χ4v) is 2.84. The molecule has 1 N–H and O–H groups in total. The topological polar surface area (TPSA) is 90.7 Å². The van der Waals surface area contributed by atoms with E-state index in [0.29, 0.717) is 6.42 Å². The minimum Gasteiger partial charge on any atom is -0.426 e. The van der Waals surface area contributed by atoms with E-state index in [0.717, 1.165) is 18.4 Å². The summed E-state index contributed by atoms with van der Waals surface area (Å²) in [6.45, 7) is 2.06. The lowest BCUT2D eigenvalue weighted by Crippen LogP contribution is -2.35. The molecule has 0 amide bonds. The number of nitro groups is 1. The summed E-state index contributed by atoms with van der Waals surface area (Å²) in [7, 11) is 1.51. The molecule has 2 atom stereocenters. The molecule has 2 aromatic rings. The minimum atomic E-state index is -0.496. The average Bonchev–Trinajstić information content (AvgIpc) is 2.68. The third-order valence-electron chi connectivity index (χ3n) is 4.24. The van der Waals surface area contributed by atoms with Crippen LogP contribution in [-0.2, 0) is 9.63 Å². The Morgan fingerprint density at radius 2 is 1.81 bits per heavy atom. The average molecular weight is 372 g/mol. The Morgan fingerprint density at radius 1 is 1.15 bits per heavy atom. The zero-order chi connectivity index (χ0) is 19.6. The van der Waals surface area contributed by atoms with E-state index in [2.05, 4.69) is 12.4 Å². The number of esters is 1. The van der Waals surface area contributed by atoms with Gasteiger partial charge in [-0.05, 0) is 24.1 Å². The number of nitrogens with one attached hydrogen (secondary N) is 1. The van der Waals surface area contributed by atoms with Gasteiger partial charge in [0.2, 0.25) is 0 Å². The molecule has 0 aromatic heterocycles. The first-order valence-corrected chi connectivity index (χ1v) is 8.86. The van der Waals surface area contributed by atoms with Gasteiger partial charge in [-0.2, -0.15) is 5.48 Å². The number of hydrogen-bond donors (Lipinski definition) is 1. The molecule has 2 rings (SSSR count). The van der Waals surface area contributed by atoms with Crippen LogP contribution in [0.4, 0.5) is 5.69 Å². The van der Waals surface area contributed by atoms with Gasteiger partial charge >= 0.3 is 5.97 Å². The Labute approximate surface area is 158 Å². The van der Waals surface area contributed by atoms with Gasteiger partial charge < -0.3 is 9.57 Å². The molecule has 0 heterocycles. The van der Waals surface area contributed by atoms with Crippen LogP contribution in [0.5, 0.6) is 5.75 Å². The predicted molar refractivity (Wildman–Crippen MR) is 101 cm³/mol. The smallest absolute Gasteiger partial charge is 0.316 e. The Balaban J connectivity index is 2.21. The highest BCUT2D eigenvalue weighted by Gasteiger charge is 2.31. The van der Waals surface area contributed by atoms with Crippen LogP contribution in [0.1, 0.15) is 37.8 Å². The summed E-state index contributed by atoms with van der Waals surface area (Å²) in [5.74, 6) is -0.602. The fraction of sp³-hybridized carbons (Fsp3) is 0.350. The van der Waals surface area contributed by atoms with Crippen LogP contribution in [-0.4, -0.2) is 18.0 Å². The molecule has 0 bridgehead atoms. The maximum atomic E-state index is 12.9. The summed E-state index contributed by atoms with van der Waals surface area (Å²) in [6.07, 6.45) is 2.42. The van der Waals surface area contributed by atoms with Crippen LogP contribution in [0, 0.1) is 16.0 Å². The van der Waals surface area contributed by atoms with E-state index in [-0.39, 0.29) is 17.5 Å². The highest BCUT2D eigenvalue weighted by atomic mass is 16.6. The maximum Gasteiger partial charge on any atom is 0.316 e. The SMILES string of the molecule is CCCC[C@H](C(=O)Oc1ccc([N+](=O)[O-])cc1)[C@@H](NOC)c1ccccc1. The second-order valence-corrected chi connectivity index (χ2v) is 6.13. The van der Waals surface area contributed by atoms with Gasteiger partial charge in [-0.25, -0.2) is 0 Å². The van der Waals surface area contributed by atoms with Crippen molar-refractivity contribution in [3.63, 3.8) is 0 Å². The monoisotopic (exact) mass is 372 g/mol. The fourth-order valence-electron chi connectivity index (χ4n) is 2.84. The third-order valence-corrected chi connectivity index (χ3v) is 4.24. The summed E-state index contributed by atoms with van der Waals surface area (Å²) in [5.41, 5.74) is 3.77.